The molecule has 1 fully saturated rings. The number of pyridine rings is 1. The zero-order valence-corrected chi connectivity index (χ0v) is 10.6. The fourth-order valence-electron chi connectivity index (χ4n) is 2.02. The summed E-state index contributed by atoms with van der Waals surface area (Å²) in [6.07, 6.45) is 0.564. The van der Waals surface area contributed by atoms with E-state index in [1.807, 2.05) is 11.0 Å². The smallest absolute Gasteiger partial charge is 0.311 e. The van der Waals surface area contributed by atoms with Crippen LogP contribution in [0.3, 0.4) is 0 Å². The molecule has 6 heteroatoms. The van der Waals surface area contributed by atoms with Crippen molar-refractivity contribution < 1.29 is 9.90 Å². The first-order chi connectivity index (χ1) is 8.46. The summed E-state index contributed by atoms with van der Waals surface area (Å²) in [5.74, 6) is -0.208. The van der Waals surface area contributed by atoms with E-state index >= 15 is 0 Å². The van der Waals surface area contributed by atoms with Crippen LogP contribution in [0.15, 0.2) is 12.1 Å². The van der Waals surface area contributed by atoms with Gasteiger partial charge in [-0.1, -0.05) is 11.6 Å². The van der Waals surface area contributed by atoms with E-state index in [1.54, 1.807) is 19.1 Å². The van der Waals surface area contributed by atoms with E-state index in [0.29, 0.717) is 30.4 Å². The molecule has 0 aromatic carbocycles. The topological polar surface area (TPSA) is 77.2 Å². The van der Waals surface area contributed by atoms with Gasteiger partial charge in [-0.2, -0.15) is 5.26 Å². The van der Waals surface area contributed by atoms with Crippen LogP contribution < -0.4 is 4.90 Å². The van der Waals surface area contributed by atoms with E-state index < -0.39 is 11.4 Å². The summed E-state index contributed by atoms with van der Waals surface area (Å²) in [4.78, 5) is 17.2. The first-order valence-electron chi connectivity index (χ1n) is 5.51. The minimum absolute atomic E-state index is 0.165. The maximum absolute atomic E-state index is 11.2. The SMILES string of the molecule is CC1(C(=O)O)CCN(c2ccc(Cl)c(C#N)n2)C1. The lowest BCUT2D eigenvalue weighted by Crippen LogP contribution is -2.32. The average molecular weight is 266 g/mol. The molecule has 0 saturated carbocycles. The summed E-state index contributed by atoms with van der Waals surface area (Å²) in [6, 6.07) is 5.23. The fraction of sp³-hybridized carbons (Fsp3) is 0.417. The number of carboxylic acid groups (broad SMARTS) is 1. The van der Waals surface area contributed by atoms with Crippen LogP contribution in [0.5, 0.6) is 0 Å². The first kappa shape index (κ1) is 12.7. The predicted molar refractivity (Wildman–Crippen MR) is 66.5 cm³/mol. The zero-order valence-electron chi connectivity index (χ0n) is 9.85. The van der Waals surface area contributed by atoms with Crippen LogP contribution in [0.2, 0.25) is 5.02 Å². The Morgan fingerprint density at radius 2 is 2.39 bits per heavy atom. The van der Waals surface area contributed by atoms with Crippen molar-refractivity contribution >= 4 is 23.4 Å². The Kier molecular flexibility index (Phi) is 3.14. The molecule has 0 aliphatic carbocycles. The predicted octanol–water partition coefficient (Wildman–Crippen LogP) is 1.91. The molecule has 1 N–H and O–H groups in total. The molecule has 1 saturated heterocycles. The molecule has 0 amide bonds. The standard InChI is InChI=1S/C12H12ClN3O2/c1-12(11(17)18)4-5-16(7-12)10-3-2-8(13)9(6-14)15-10/h2-3H,4-5,7H2,1H3,(H,17,18). The van der Waals surface area contributed by atoms with Crippen molar-refractivity contribution in [2.75, 3.05) is 18.0 Å². The second kappa shape index (κ2) is 4.46. The first-order valence-corrected chi connectivity index (χ1v) is 5.89. The Morgan fingerprint density at radius 3 is 2.94 bits per heavy atom. The highest BCUT2D eigenvalue weighted by Gasteiger charge is 2.40. The third-order valence-corrected chi connectivity index (χ3v) is 3.56. The molecule has 18 heavy (non-hydrogen) atoms. The number of halogens is 1. The molecule has 1 aliphatic rings. The number of aliphatic carboxylic acids is 1. The Bertz CT molecular complexity index is 541. The van der Waals surface area contributed by atoms with Crippen molar-refractivity contribution in [2.24, 2.45) is 5.41 Å². The van der Waals surface area contributed by atoms with Gasteiger partial charge in [0.05, 0.1) is 10.4 Å². The minimum Gasteiger partial charge on any atom is -0.481 e. The number of hydrogen-bond acceptors (Lipinski definition) is 4. The van der Waals surface area contributed by atoms with Crippen LogP contribution in [0.4, 0.5) is 5.82 Å². The molecule has 1 unspecified atom stereocenters. The third-order valence-electron chi connectivity index (χ3n) is 3.25. The number of anilines is 1. The van der Waals surface area contributed by atoms with Crippen LogP contribution in [-0.4, -0.2) is 29.1 Å². The van der Waals surface area contributed by atoms with Crippen LogP contribution in [0.25, 0.3) is 0 Å². The molecular formula is C12H12ClN3O2. The van der Waals surface area contributed by atoms with E-state index in [4.69, 9.17) is 22.0 Å². The van der Waals surface area contributed by atoms with Gasteiger partial charge in [-0.15, -0.1) is 0 Å². The monoisotopic (exact) mass is 265 g/mol. The third kappa shape index (κ3) is 2.12. The second-order valence-electron chi connectivity index (χ2n) is 4.65. The van der Waals surface area contributed by atoms with Crippen molar-refractivity contribution in [1.82, 2.24) is 4.98 Å². The number of rotatable bonds is 2. The van der Waals surface area contributed by atoms with E-state index in [-0.39, 0.29) is 5.69 Å². The van der Waals surface area contributed by atoms with Gasteiger partial charge in [-0.25, -0.2) is 4.98 Å². The molecular weight excluding hydrogens is 254 g/mol. The van der Waals surface area contributed by atoms with Crippen molar-refractivity contribution in [3.63, 3.8) is 0 Å². The van der Waals surface area contributed by atoms with Gasteiger partial charge in [0.2, 0.25) is 0 Å². The maximum Gasteiger partial charge on any atom is 0.311 e. The lowest BCUT2D eigenvalue weighted by atomic mass is 9.90. The molecule has 1 aliphatic heterocycles. The molecule has 0 spiro atoms. The van der Waals surface area contributed by atoms with Crippen molar-refractivity contribution in [3.05, 3.63) is 22.8 Å². The largest absolute Gasteiger partial charge is 0.481 e. The minimum atomic E-state index is -0.806. The van der Waals surface area contributed by atoms with Crippen LogP contribution >= 0.6 is 11.6 Å². The van der Waals surface area contributed by atoms with Gasteiger partial charge in [-0.05, 0) is 25.5 Å². The molecule has 1 atom stereocenters. The van der Waals surface area contributed by atoms with E-state index in [0.717, 1.165) is 0 Å². The van der Waals surface area contributed by atoms with Crippen LogP contribution in [0, 0.1) is 16.7 Å². The molecule has 0 bridgehead atoms. The highest BCUT2D eigenvalue weighted by molar-refractivity contribution is 6.31. The number of nitriles is 1. The highest BCUT2D eigenvalue weighted by atomic mass is 35.5. The Labute approximate surface area is 110 Å². The summed E-state index contributed by atoms with van der Waals surface area (Å²) in [6.45, 7) is 2.72. The lowest BCUT2D eigenvalue weighted by Gasteiger charge is -2.21. The van der Waals surface area contributed by atoms with Gasteiger partial charge in [0, 0.05) is 13.1 Å². The van der Waals surface area contributed by atoms with Gasteiger partial charge in [0.1, 0.15) is 11.9 Å². The average Bonchev–Trinajstić information content (AvgIpc) is 2.74. The van der Waals surface area contributed by atoms with Gasteiger partial charge < -0.3 is 10.0 Å². The lowest BCUT2D eigenvalue weighted by molar-refractivity contribution is -0.146. The van der Waals surface area contributed by atoms with Crippen LogP contribution in [-0.2, 0) is 4.79 Å². The highest BCUT2D eigenvalue weighted by Crippen LogP contribution is 2.33. The fourth-order valence-corrected chi connectivity index (χ4v) is 2.17. The summed E-state index contributed by atoms with van der Waals surface area (Å²) >= 11 is 5.81. The molecule has 2 rings (SSSR count). The Balaban J connectivity index is 2.25. The Hall–Kier alpha value is -1.80. The zero-order chi connectivity index (χ0) is 13.3. The van der Waals surface area contributed by atoms with Gasteiger partial charge in [0.15, 0.2) is 5.69 Å². The second-order valence-corrected chi connectivity index (χ2v) is 5.06. The number of nitrogens with zero attached hydrogens (tertiary/aromatic N) is 3. The quantitative estimate of drug-likeness (QED) is 0.884. The van der Waals surface area contributed by atoms with E-state index in [9.17, 15) is 4.79 Å². The van der Waals surface area contributed by atoms with Gasteiger partial charge >= 0.3 is 5.97 Å². The molecule has 1 aromatic rings. The molecule has 0 radical (unpaired) electrons. The van der Waals surface area contributed by atoms with Gasteiger partial charge in [0.25, 0.3) is 0 Å². The normalized spacial score (nSPS) is 22.8. The van der Waals surface area contributed by atoms with E-state index in [1.165, 1.54) is 0 Å². The summed E-state index contributed by atoms with van der Waals surface area (Å²) in [7, 11) is 0. The summed E-state index contributed by atoms with van der Waals surface area (Å²) in [5, 5.41) is 18.3. The van der Waals surface area contributed by atoms with Crippen molar-refractivity contribution in [1.29, 1.82) is 5.26 Å². The van der Waals surface area contributed by atoms with Gasteiger partial charge in [-0.3, -0.25) is 4.79 Å². The number of carbonyl (C=O) groups is 1. The van der Waals surface area contributed by atoms with Crippen molar-refractivity contribution in [2.45, 2.75) is 13.3 Å². The maximum atomic E-state index is 11.2. The molecule has 1 aromatic heterocycles. The molecule has 94 valence electrons. The summed E-state index contributed by atoms with van der Waals surface area (Å²) < 4.78 is 0. The van der Waals surface area contributed by atoms with E-state index in [2.05, 4.69) is 4.98 Å². The molecule has 5 nitrogen and oxygen atoms in total. The molecule has 2 heterocycles. The van der Waals surface area contributed by atoms with Crippen LogP contribution in [0.1, 0.15) is 19.0 Å². The number of aromatic nitrogens is 1. The summed E-state index contributed by atoms with van der Waals surface area (Å²) in [5.41, 5.74) is -0.591. The van der Waals surface area contributed by atoms with Crippen molar-refractivity contribution in [3.8, 4) is 6.07 Å². The Morgan fingerprint density at radius 1 is 1.67 bits per heavy atom. The number of carboxylic acids is 1. The number of hydrogen-bond donors (Lipinski definition) is 1.